The number of carbonyl (C=O) groups excluding carboxylic acids is 1. The standard InChI is InChI=1S/C19H28N4O/c1-14-6-5-11-23(13-14)15(2)12-20-19(24)10-9-18-21-16-7-3-4-8-17(16)22-18/h3-4,7-8,14-15H,5-6,9-13H2,1-2H3,(H,20,24)(H,21,22)/t14-,15+/m0/s1. The van der Waals surface area contributed by atoms with Crippen molar-refractivity contribution in [2.75, 3.05) is 19.6 Å². The van der Waals surface area contributed by atoms with Crippen LogP contribution in [-0.4, -0.2) is 46.5 Å². The van der Waals surface area contributed by atoms with E-state index in [0.717, 1.165) is 42.4 Å². The molecule has 1 aromatic carbocycles. The molecule has 2 atom stereocenters. The molecule has 130 valence electrons. The second-order valence-corrected chi connectivity index (χ2v) is 7.10. The lowest BCUT2D eigenvalue weighted by Gasteiger charge is -2.35. The van der Waals surface area contributed by atoms with Gasteiger partial charge >= 0.3 is 0 Å². The van der Waals surface area contributed by atoms with Crippen molar-refractivity contribution in [3.8, 4) is 0 Å². The van der Waals surface area contributed by atoms with Crippen LogP contribution in [0.2, 0.25) is 0 Å². The summed E-state index contributed by atoms with van der Waals surface area (Å²) < 4.78 is 0. The molecule has 2 heterocycles. The number of rotatable bonds is 6. The van der Waals surface area contributed by atoms with Gasteiger partial charge in [-0.15, -0.1) is 0 Å². The number of piperidine rings is 1. The lowest BCUT2D eigenvalue weighted by Crippen LogP contribution is -2.46. The van der Waals surface area contributed by atoms with Crippen molar-refractivity contribution < 1.29 is 4.79 Å². The number of H-pyrrole nitrogens is 1. The molecule has 0 unspecified atom stereocenters. The van der Waals surface area contributed by atoms with Crippen molar-refractivity contribution in [1.82, 2.24) is 20.2 Å². The number of hydrogen-bond acceptors (Lipinski definition) is 3. The van der Waals surface area contributed by atoms with Gasteiger partial charge in [-0.2, -0.15) is 0 Å². The molecule has 2 aromatic rings. The Hall–Kier alpha value is -1.88. The normalized spacial score (nSPS) is 20.2. The van der Waals surface area contributed by atoms with Gasteiger partial charge in [0.15, 0.2) is 0 Å². The van der Waals surface area contributed by atoms with Gasteiger partial charge in [-0.1, -0.05) is 19.1 Å². The minimum atomic E-state index is 0.104. The zero-order chi connectivity index (χ0) is 16.9. The number of imidazole rings is 1. The zero-order valence-electron chi connectivity index (χ0n) is 14.7. The molecule has 1 aliphatic heterocycles. The Morgan fingerprint density at radius 1 is 1.46 bits per heavy atom. The lowest BCUT2D eigenvalue weighted by atomic mass is 9.99. The van der Waals surface area contributed by atoms with Gasteiger partial charge < -0.3 is 10.3 Å². The van der Waals surface area contributed by atoms with Crippen molar-refractivity contribution in [3.05, 3.63) is 30.1 Å². The van der Waals surface area contributed by atoms with Crippen molar-refractivity contribution in [2.45, 2.75) is 45.6 Å². The van der Waals surface area contributed by atoms with Crippen molar-refractivity contribution in [2.24, 2.45) is 5.92 Å². The van der Waals surface area contributed by atoms with Gasteiger partial charge in [0, 0.05) is 32.0 Å². The Morgan fingerprint density at radius 3 is 3.08 bits per heavy atom. The molecular formula is C19H28N4O. The number of aromatic nitrogens is 2. The number of hydrogen-bond donors (Lipinski definition) is 2. The summed E-state index contributed by atoms with van der Waals surface area (Å²) in [5.41, 5.74) is 1.99. The van der Waals surface area contributed by atoms with E-state index in [1.807, 2.05) is 24.3 Å². The van der Waals surface area contributed by atoms with Crippen LogP contribution in [0.4, 0.5) is 0 Å². The molecule has 0 aliphatic carbocycles. The highest BCUT2D eigenvalue weighted by Gasteiger charge is 2.21. The van der Waals surface area contributed by atoms with Crippen LogP contribution in [-0.2, 0) is 11.2 Å². The third kappa shape index (κ3) is 4.35. The first-order valence-corrected chi connectivity index (χ1v) is 9.06. The van der Waals surface area contributed by atoms with Crippen LogP contribution in [0.3, 0.4) is 0 Å². The summed E-state index contributed by atoms with van der Waals surface area (Å²) in [5, 5.41) is 3.08. The molecule has 24 heavy (non-hydrogen) atoms. The Kier molecular flexibility index (Phi) is 5.51. The first kappa shape index (κ1) is 17.0. The maximum absolute atomic E-state index is 12.1. The summed E-state index contributed by atoms with van der Waals surface area (Å²) in [4.78, 5) is 22.4. The first-order valence-electron chi connectivity index (χ1n) is 9.06. The Balaban J connectivity index is 1.42. The molecule has 2 N–H and O–H groups in total. The SMILES string of the molecule is C[C@H]1CCCN([C@H](C)CNC(=O)CCc2nc3ccccc3[nH]2)C1. The summed E-state index contributed by atoms with van der Waals surface area (Å²) >= 11 is 0. The van der Waals surface area contributed by atoms with E-state index < -0.39 is 0 Å². The van der Waals surface area contributed by atoms with Crippen molar-refractivity contribution in [1.29, 1.82) is 0 Å². The summed E-state index contributed by atoms with van der Waals surface area (Å²) in [7, 11) is 0. The molecule has 5 heteroatoms. The molecule has 1 amide bonds. The molecule has 1 aromatic heterocycles. The number of likely N-dealkylation sites (tertiary alicyclic amines) is 1. The van der Waals surface area contributed by atoms with Gasteiger partial charge in [0.25, 0.3) is 0 Å². The highest BCUT2D eigenvalue weighted by atomic mass is 16.1. The molecule has 3 rings (SSSR count). The highest BCUT2D eigenvalue weighted by Crippen LogP contribution is 2.17. The summed E-state index contributed by atoms with van der Waals surface area (Å²) in [5.74, 6) is 1.75. The zero-order valence-corrected chi connectivity index (χ0v) is 14.7. The Labute approximate surface area is 143 Å². The second kappa shape index (κ2) is 7.79. The van der Waals surface area contributed by atoms with Crippen LogP contribution >= 0.6 is 0 Å². The van der Waals surface area contributed by atoms with Gasteiger partial charge in [0.1, 0.15) is 5.82 Å². The van der Waals surface area contributed by atoms with Crippen LogP contribution in [0.25, 0.3) is 11.0 Å². The average molecular weight is 328 g/mol. The van der Waals surface area contributed by atoms with E-state index >= 15 is 0 Å². The first-order chi connectivity index (χ1) is 11.6. The molecule has 1 fully saturated rings. The fourth-order valence-corrected chi connectivity index (χ4v) is 3.46. The molecule has 0 saturated carbocycles. The summed E-state index contributed by atoms with van der Waals surface area (Å²) in [6.07, 6.45) is 3.72. The van der Waals surface area contributed by atoms with Gasteiger partial charge in [0.05, 0.1) is 11.0 Å². The van der Waals surface area contributed by atoms with Crippen LogP contribution in [0.15, 0.2) is 24.3 Å². The van der Waals surface area contributed by atoms with Crippen LogP contribution in [0.5, 0.6) is 0 Å². The van der Waals surface area contributed by atoms with E-state index in [4.69, 9.17) is 0 Å². The van der Waals surface area contributed by atoms with E-state index in [-0.39, 0.29) is 5.91 Å². The van der Waals surface area contributed by atoms with E-state index in [1.54, 1.807) is 0 Å². The van der Waals surface area contributed by atoms with Gasteiger partial charge in [-0.3, -0.25) is 9.69 Å². The number of nitrogens with zero attached hydrogens (tertiary/aromatic N) is 2. The molecule has 0 bridgehead atoms. The maximum Gasteiger partial charge on any atom is 0.220 e. The van der Waals surface area contributed by atoms with E-state index in [1.165, 1.54) is 12.8 Å². The van der Waals surface area contributed by atoms with Crippen LogP contribution in [0.1, 0.15) is 38.9 Å². The van der Waals surface area contributed by atoms with Crippen molar-refractivity contribution >= 4 is 16.9 Å². The van der Waals surface area contributed by atoms with Crippen LogP contribution in [0, 0.1) is 5.92 Å². The fourth-order valence-electron chi connectivity index (χ4n) is 3.46. The van der Waals surface area contributed by atoms with E-state index in [0.29, 0.717) is 18.9 Å². The van der Waals surface area contributed by atoms with E-state index in [2.05, 4.69) is 34.0 Å². The number of carbonyl (C=O) groups is 1. The monoisotopic (exact) mass is 328 g/mol. The molecule has 5 nitrogen and oxygen atoms in total. The largest absolute Gasteiger partial charge is 0.355 e. The third-order valence-electron chi connectivity index (χ3n) is 4.93. The fraction of sp³-hybridized carbons (Fsp3) is 0.579. The maximum atomic E-state index is 12.1. The molecule has 0 spiro atoms. The van der Waals surface area contributed by atoms with Crippen LogP contribution < -0.4 is 5.32 Å². The molecular weight excluding hydrogens is 300 g/mol. The van der Waals surface area contributed by atoms with Gasteiger partial charge in [-0.25, -0.2) is 4.98 Å². The smallest absolute Gasteiger partial charge is 0.220 e. The summed E-state index contributed by atoms with van der Waals surface area (Å²) in [6.45, 7) is 7.55. The Bertz CT molecular complexity index is 648. The molecule has 1 saturated heterocycles. The topological polar surface area (TPSA) is 61.0 Å². The number of para-hydroxylation sites is 2. The number of fused-ring (bicyclic) bond motifs is 1. The predicted molar refractivity (Wildman–Crippen MR) is 96.9 cm³/mol. The van der Waals surface area contributed by atoms with Gasteiger partial charge in [0.2, 0.25) is 5.91 Å². The number of nitrogens with one attached hydrogen (secondary N) is 2. The Morgan fingerprint density at radius 2 is 2.29 bits per heavy atom. The lowest BCUT2D eigenvalue weighted by molar-refractivity contribution is -0.121. The predicted octanol–water partition coefficient (Wildman–Crippen LogP) is 2.73. The average Bonchev–Trinajstić information content (AvgIpc) is 3.00. The minimum Gasteiger partial charge on any atom is -0.355 e. The molecule has 1 aliphatic rings. The number of benzene rings is 1. The van der Waals surface area contributed by atoms with Gasteiger partial charge in [-0.05, 0) is 44.4 Å². The van der Waals surface area contributed by atoms with E-state index in [9.17, 15) is 4.79 Å². The third-order valence-corrected chi connectivity index (χ3v) is 4.93. The number of aromatic amines is 1. The quantitative estimate of drug-likeness (QED) is 0.857. The number of amides is 1. The second-order valence-electron chi connectivity index (χ2n) is 7.10. The number of aryl methyl sites for hydroxylation is 1. The highest BCUT2D eigenvalue weighted by molar-refractivity contribution is 5.77. The minimum absolute atomic E-state index is 0.104. The summed E-state index contributed by atoms with van der Waals surface area (Å²) in [6, 6.07) is 8.36. The van der Waals surface area contributed by atoms with Crippen molar-refractivity contribution in [3.63, 3.8) is 0 Å². The molecule has 0 radical (unpaired) electrons.